The van der Waals surface area contributed by atoms with Crippen molar-refractivity contribution in [3.05, 3.63) is 29.3 Å². The Hall–Kier alpha value is -1.39. The van der Waals surface area contributed by atoms with Gasteiger partial charge in [-0.1, -0.05) is 12.1 Å². The van der Waals surface area contributed by atoms with E-state index in [0.29, 0.717) is 19.5 Å². The van der Waals surface area contributed by atoms with Gasteiger partial charge in [0.05, 0.1) is 5.54 Å². The Morgan fingerprint density at radius 2 is 2.00 bits per heavy atom. The minimum Gasteiger partial charge on any atom is -0.330 e. The summed E-state index contributed by atoms with van der Waals surface area (Å²) in [4.78, 5) is 14.1. The normalized spacial score (nSPS) is 15.6. The van der Waals surface area contributed by atoms with E-state index in [1.165, 1.54) is 11.1 Å². The first-order valence-electron chi connectivity index (χ1n) is 6.84. The van der Waals surface area contributed by atoms with Gasteiger partial charge >= 0.3 is 0 Å². The first-order chi connectivity index (χ1) is 8.99. The summed E-state index contributed by atoms with van der Waals surface area (Å²) in [5.41, 5.74) is 14.5. The molecule has 1 heterocycles. The van der Waals surface area contributed by atoms with Crippen LogP contribution in [0.2, 0.25) is 0 Å². The fourth-order valence-corrected chi connectivity index (χ4v) is 2.62. The van der Waals surface area contributed by atoms with Gasteiger partial charge in [0.2, 0.25) is 5.91 Å². The van der Waals surface area contributed by atoms with Crippen LogP contribution < -0.4 is 16.4 Å². The highest BCUT2D eigenvalue weighted by molar-refractivity contribution is 5.97. The Kier molecular flexibility index (Phi) is 3.92. The zero-order valence-electron chi connectivity index (χ0n) is 11.8. The van der Waals surface area contributed by atoms with Gasteiger partial charge in [-0.3, -0.25) is 4.79 Å². The number of aryl methyl sites for hydroxylation is 1. The fraction of sp³-hybridized carbons (Fsp3) is 0.533. The van der Waals surface area contributed by atoms with Gasteiger partial charge in [0, 0.05) is 18.7 Å². The molecule has 0 aliphatic carbocycles. The molecule has 0 aromatic heterocycles. The summed E-state index contributed by atoms with van der Waals surface area (Å²) in [5, 5.41) is 0. The van der Waals surface area contributed by atoms with Crippen LogP contribution in [0.1, 0.15) is 31.4 Å². The first-order valence-corrected chi connectivity index (χ1v) is 6.84. The van der Waals surface area contributed by atoms with Crippen molar-refractivity contribution in [2.75, 3.05) is 18.0 Å². The molecule has 0 unspecified atom stereocenters. The number of carbonyl (C=O) groups excluding carboxylic acids is 1. The lowest BCUT2D eigenvalue weighted by Gasteiger charge is -2.41. The average Bonchev–Trinajstić information content (AvgIpc) is 2.39. The van der Waals surface area contributed by atoms with E-state index < -0.39 is 0 Å². The molecule has 0 saturated carbocycles. The van der Waals surface area contributed by atoms with Crippen molar-refractivity contribution in [3.63, 3.8) is 0 Å². The van der Waals surface area contributed by atoms with Gasteiger partial charge in [-0.25, -0.2) is 0 Å². The van der Waals surface area contributed by atoms with E-state index in [1.807, 2.05) is 24.8 Å². The van der Waals surface area contributed by atoms with Gasteiger partial charge < -0.3 is 16.4 Å². The molecule has 4 heteroatoms. The summed E-state index contributed by atoms with van der Waals surface area (Å²) in [6.45, 7) is 5.11. The lowest BCUT2D eigenvalue weighted by molar-refractivity contribution is -0.119. The number of hydrogen-bond acceptors (Lipinski definition) is 3. The Morgan fingerprint density at radius 1 is 1.26 bits per heavy atom. The van der Waals surface area contributed by atoms with Crippen LogP contribution in [0.4, 0.5) is 5.69 Å². The summed E-state index contributed by atoms with van der Waals surface area (Å²) in [7, 11) is 0. The standard InChI is InChI=1S/C15H23N3O/c1-15(2,10-17)18-13-5-3-11(7-8-16)9-12(13)4-6-14(18)19/h3,5,9H,4,6-8,10,16-17H2,1-2H3. The van der Waals surface area contributed by atoms with Gasteiger partial charge in [-0.15, -0.1) is 0 Å². The smallest absolute Gasteiger partial charge is 0.227 e. The summed E-state index contributed by atoms with van der Waals surface area (Å²) >= 11 is 0. The highest BCUT2D eigenvalue weighted by Gasteiger charge is 2.34. The maximum atomic E-state index is 12.2. The number of benzene rings is 1. The predicted molar refractivity (Wildman–Crippen MR) is 78.1 cm³/mol. The number of rotatable bonds is 4. The second kappa shape index (κ2) is 5.31. The van der Waals surface area contributed by atoms with Gasteiger partial charge in [0.25, 0.3) is 0 Å². The van der Waals surface area contributed by atoms with Crippen molar-refractivity contribution in [3.8, 4) is 0 Å². The number of anilines is 1. The van der Waals surface area contributed by atoms with E-state index in [0.717, 1.165) is 18.5 Å². The minimum atomic E-state index is -0.346. The zero-order valence-corrected chi connectivity index (χ0v) is 11.8. The quantitative estimate of drug-likeness (QED) is 0.855. The van der Waals surface area contributed by atoms with Crippen LogP contribution in [0, 0.1) is 0 Å². The monoisotopic (exact) mass is 261 g/mol. The van der Waals surface area contributed by atoms with E-state index in [9.17, 15) is 4.79 Å². The van der Waals surface area contributed by atoms with Gasteiger partial charge in [0.15, 0.2) is 0 Å². The Bertz CT molecular complexity index is 482. The van der Waals surface area contributed by atoms with E-state index in [-0.39, 0.29) is 11.4 Å². The molecule has 19 heavy (non-hydrogen) atoms. The molecule has 0 atom stereocenters. The molecule has 1 aromatic carbocycles. The highest BCUT2D eigenvalue weighted by atomic mass is 16.2. The van der Waals surface area contributed by atoms with Crippen molar-refractivity contribution in [2.45, 2.75) is 38.6 Å². The largest absolute Gasteiger partial charge is 0.330 e. The van der Waals surface area contributed by atoms with Gasteiger partial charge in [-0.05, 0) is 50.4 Å². The Balaban J connectivity index is 2.42. The van der Waals surface area contributed by atoms with Crippen molar-refractivity contribution < 1.29 is 4.79 Å². The zero-order chi connectivity index (χ0) is 14.0. The average molecular weight is 261 g/mol. The van der Waals surface area contributed by atoms with Crippen LogP contribution in [0.5, 0.6) is 0 Å². The van der Waals surface area contributed by atoms with E-state index in [4.69, 9.17) is 11.5 Å². The van der Waals surface area contributed by atoms with Gasteiger partial charge in [-0.2, -0.15) is 0 Å². The second-order valence-electron chi connectivity index (χ2n) is 5.75. The Morgan fingerprint density at radius 3 is 2.63 bits per heavy atom. The number of nitrogens with two attached hydrogens (primary N) is 2. The lowest BCUT2D eigenvalue weighted by Crippen LogP contribution is -2.54. The third-order valence-electron chi connectivity index (χ3n) is 3.78. The molecule has 0 radical (unpaired) electrons. The number of carbonyl (C=O) groups is 1. The maximum absolute atomic E-state index is 12.2. The second-order valence-corrected chi connectivity index (χ2v) is 5.75. The summed E-state index contributed by atoms with van der Waals surface area (Å²) in [6.07, 6.45) is 2.24. The first kappa shape index (κ1) is 14.0. The van der Waals surface area contributed by atoms with Crippen LogP contribution in [0.15, 0.2) is 18.2 Å². The molecule has 4 N–H and O–H groups in total. The summed E-state index contributed by atoms with van der Waals surface area (Å²) in [5.74, 6) is 0.162. The summed E-state index contributed by atoms with van der Waals surface area (Å²) < 4.78 is 0. The molecule has 0 saturated heterocycles. The molecule has 4 nitrogen and oxygen atoms in total. The molecular weight excluding hydrogens is 238 g/mol. The topological polar surface area (TPSA) is 72.3 Å². The number of fused-ring (bicyclic) bond motifs is 1. The van der Waals surface area contributed by atoms with Crippen molar-refractivity contribution in [1.29, 1.82) is 0 Å². The molecule has 1 amide bonds. The molecule has 0 spiro atoms. The molecular formula is C15H23N3O. The number of nitrogens with zero attached hydrogens (tertiary/aromatic N) is 1. The van der Waals surface area contributed by atoms with Crippen LogP contribution >= 0.6 is 0 Å². The van der Waals surface area contributed by atoms with Crippen LogP contribution in [-0.2, 0) is 17.6 Å². The molecule has 1 aliphatic heterocycles. The van der Waals surface area contributed by atoms with Crippen LogP contribution in [0.25, 0.3) is 0 Å². The fourth-order valence-electron chi connectivity index (χ4n) is 2.62. The molecule has 0 bridgehead atoms. The molecule has 104 valence electrons. The van der Waals surface area contributed by atoms with Crippen LogP contribution in [-0.4, -0.2) is 24.5 Å². The lowest BCUT2D eigenvalue weighted by atomic mass is 9.92. The molecule has 0 fully saturated rings. The van der Waals surface area contributed by atoms with Crippen LogP contribution in [0.3, 0.4) is 0 Å². The van der Waals surface area contributed by atoms with Gasteiger partial charge in [0.1, 0.15) is 0 Å². The number of hydrogen-bond donors (Lipinski definition) is 2. The predicted octanol–water partition coefficient (Wildman–Crippen LogP) is 1.20. The van der Waals surface area contributed by atoms with Crippen molar-refractivity contribution >= 4 is 11.6 Å². The van der Waals surface area contributed by atoms with Crippen molar-refractivity contribution in [2.24, 2.45) is 11.5 Å². The highest BCUT2D eigenvalue weighted by Crippen LogP contribution is 2.33. The SMILES string of the molecule is CC(C)(CN)N1C(=O)CCc2cc(CCN)ccc21. The van der Waals surface area contributed by atoms with Crippen molar-refractivity contribution in [1.82, 2.24) is 0 Å². The Labute approximate surface area is 114 Å². The van der Waals surface area contributed by atoms with E-state index in [2.05, 4.69) is 12.1 Å². The molecule has 1 aliphatic rings. The maximum Gasteiger partial charge on any atom is 0.227 e. The molecule has 1 aromatic rings. The third-order valence-corrected chi connectivity index (χ3v) is 3.78. The minimum absolute atomic E-state index is 0.162. The third kappa shape index (κ3) is 2.65. The van der Waals surface area contributed by atoms with E-state index in [1.54, 1.807) is 0 Å². The number of amides is 1. The summed E-state index contributed by atoms with van der Waals surface area (Å²) in [6, 6.07) is 6.27. The molecule has 2 rings (SSSR count). The van der Waals surface area contributed by atoms with E-state index >= 15 is 0 Å².